The Morgan fingerprint density at radius 3 is 2.22 bits per heavy atom. The number of carbonyl (C=O) groups is 2. The number of carbonyl (C=O) groups excluding carboxylic acids is 2. The van der Waals surface area contributed by atoms with Gasteiger partial charge >= 0.3 is 6.18 Å². The molecule has 2 heterocycles. The summed E-state index contributed by atoms with van der Waals surface area (Å²) >= 11 is 0. The molecule has 0 radical (unpaired) electrons. The number of halogens is 3. The van der Waals surface area contributed by atoms with Gasteiger partial charge in [0.2, 0.25) is 5.91 Å². The maximum absolute atomic E-state index is 13.3. The first kappa shape index (κ1) is 33.0. The van der Waals surface area contributed by atoms with Gasteiger partial charge in [0, 0.05) is 30.2 Å². The first-order valence-electron chi connectivity index (χ1n) is 15.7. The average Bonchev–Trinajstić information content (AvgIpc) is 3.12. The number of hydrogen-bond donors (Lipinski definition) is 3. The van der Waals surface area contributed by atoms with E-state index in [-0.39, 0.29) is 17.2 Å². The highest BCUT2D eigenvalue weighted by Crippen LogP contribution is 2.31. The van der Waals surface area contributed by atoms with Crippen LogP contribution in [0.25, 0.3) is 22.2 Å². The topological polar surface area (TPSA) is 96.0 Å². The molecule has 0 bridgehead atoms. The number of rotatable bonds is 11. The lowest BCUT2D eigenvalue weighted by Crippen LogP contribution is -2.38. The molecule has 2 aromatic heterocycles. The van der Waals surface area contributed by atoms with E-state index in [1.54, 1.807) is 18.2 Å². The third kappa shape index (κ3) is 8.35. The van der Waals surface area contributed by atoms with Crippen LogP contribution in [0.4, 0.5) is 19.0 Å². The molecule has 0 aliphatic heterocycles. The monoisotopic (exact) mass is 659 g/mol. The second kappa shape index (κ2) is 14.9. The highest BCUT2D eigenvalue weighted by atomic mass is 19.4. The number of aromatic nitrogens is 2. The minimum Gasteiger partial charge on any atom is -0.354 e. The fraction of sp³-hybridized carbons (Fsp3) is 0.128. The molecule has 0 fully saturated rings. The summed E-state index contributed by atoms with van der Waals surface area (Å²) < 4.78 is 39.1. The number of amides is 2. The molecule has 0 spiro atoms. The fourth-order valence-corrected chi connectivity index (χ4v) is 5.48. The Labute approximate surface area is 281 Å². The van der Waals surface area contributed by atoms with Gasteiger partial charge in [-0.1, -0.05) is 78.9 Å². The number of pyridine rings is 2. The minimum atomic E-state index is -4.47. The number of fused-ring (bicyclic) bond motifs is 1. The minimum absolute atomic E-state index is 0.111. The molecule has 0 unspecified atom stereocenters. The number of nitrogens with one attached hydrogen (secondary N) is 3. The first-order chi connectivity index (χ1) is 23.7. The maximum Gasteiger partial charge on any atom is 0.416 e. The summed E-state index contributed by atoms with van der Waals surface area (Å²) in [5.74, 6) is -0.299. The zero-order chi connectivity index (χ0) is 34.2. The van der Waals surface area contributed by atoms with E-state index in [4.69, 9.17) is 0 Å². The van der Waals surface area contributed by atoms with Gasteiger partial charge in [-0.3, -0.25) is 19.9 Å². The molecule has 7 nitrogen and oxygen atoms in total. The van der Waals surface area contributed by atoms with Gasteiger partial charge < -0.3 is 10.6 Å². The van der Waals surface area contributed by atoms with Crippen LogP contribution in [0, 0.1) is 0 Å². The number of alkyl halides is 3. The Kier molecular flexibility index (Phi) is 10.1. The Morgan fingerprint density at radius 2 is 1.49 bits per heavy atom. The lowest BCUT2D eigenvalue weighted by Gasteiger charge is -2.19. The van der Waals surface area contributed by atoms with Crippen LogP contribution in [-0.2, 0) is 23.9 Å². The Bertz CT molecular complexity index is 2050. The summed E-state index contributed by atoms with van der Waals surface area (Å²) in [5, 5.41) is 10.1. The van der Waals surface area contributed by atoms with Crippen LogP contribution in [0.1, 0.15) is 38.7 Å². The second-order valence-corrected chi connectivity index (χ2v) is 11.4. The van der Waals surface area contributed by atoms with Crippen LogP contribution < -0.4 is 16.0 Å². The largest absolute Gasteiger partial charge is 0.416 e. The predicted octanol–water partition coefficient (Wildman–Crippen LogP) is 7.76. The molecule has 2 amide bonds. The van der Waals surface area contributed by atoms with Crippen molar-refractivity contribution in [3.8, 4) is 11.3 Å². The molecule has 6 aromatic rings. The Balaban J connectivity index is 1.12. The van der Waals surface area contributed by atoms with Crippen molar-refractivity contribution in [2.75, 3.05) is 11.9 Å². The molecule has 246 valence electrons. The van der Waals surface area contributed by atoms with Crippen LogP contribution >= 0.6 is 0 Å². The van der Waals surface area contributed by atoms with Crippen molar-refractivity contribution in [3.05, 3.63) is 161 Å². The van der Waals surface area contributed by atoms with Gasteiger partial charge in [-0.2, -0.15) is 13.2 Å². The number of hydrogen-bond acceptors (Lipinski definition) is 5. The van der Waals surface area contributed by atoms with Gasteiger partial charge in [-0.15, -0.1) is 0 Å². The summed E-state index contributed by atoms with van der Waals surface area (Å²) in [6.45, 7) is 0.944. The number of benzene rings is 4. The van der Waals surface area contributed by atoms with Gasteiger partial charge in [0.15, 0.2) is 0 Å². The van der Waals surface area contributed by atoms with Crippen molar-refractivity contribution in [1.82, 2.24) is 20.6 Å². The fourth-order valence-electron chi connectivity index (χ4n) is 5.48. The second-order valence-electron chi connectivity index (χ2n) is 11.4. The van der Waals surface area contributed by atoms with Crippen LogP contribution in [0.3, 0.4) is 0 Å². The van der Waals surface area contributed by atoms with Crippen molar-refractivity contribution in [1.29, 1.82) is 0 Å². The van der Waals surface area contributed by atoms with E-state index in [2.05, 4.69) is 25.9 Å². The van der Waals surface area contributed by atoms with Crippen molar-refractivity contribution >= 4 is 28.5 Å². The van der Waals surface area contributed by atoms with Crippen molar-refractivity contribution in [2.45, 2.75) is 25.2 Å². The molecular weight excluding hydrogens is 627 g/mol. The summed E-state index contributed by atoms with van der Waals surface area (Å²) in [6, 6.07) is 35.9. The zero-order valence-corrected chi connectivity index (χ0v) is 26.2. The van der Waals surface area contributed by atoms with Gasteiger partial charge in [0.25, 0.3) is 5.91 Å². The summed E-state index contributed by atoms with van der Waals surface area (Å²) in [7, 11) is 0. The smallest absolute Gasteiger partial charge is 0.354 e. The third-order valence-electron chi connectivity index (χ3n) is 7.99. The van der Waals surface area contributed by atoms with Crippen LogP contribution in [0.2, 0.25) is 0 Å². The predicted molar refractivity (Wildman–Crippen MR) is 184 cm³/mol. The van der Waals surface area contributed by atoms with E-state index >= 15 is 0 Å². The lowest BCUT2D eigenvalue weighted by molar-refractivity contribution is -0.137. The molecule has 10 heteroatoms. The Hall–Kier alpha value is -5.87. The van der Waals surface area contributed by atoms with Crippen molar-refractivity contribution in [2.24, 2.45) is 0 Å². The molecule has 0 aliphatic carbocycles. The van der Waals surface area contributed by atoms with Gasteiger partial charge in [0.05, 0.1) is 22.3 Å². The molecule has 0 saturated heterocycles. The molecule has 6 rings (SSSR count). The van der Waals surface area contributed by atoms with Gasteiger partial charge in [-0.25, -0.2) is 4.98 Å². The van der Waals surface area contributed by atoms with Crippen molar-refractivity contribution in [3.63, 3.8) is 0 Å². The van der Waals surface area contributed by atoms with Crippen LogP contribution in [0.5, 0.6) is 0 Å². The van der Waals surface area contributed by atoms with E-state index in [1.165, 1.54) is 18.3 Å². The third-order valence-corrected chi connectivity index (χ3v) is 7.99. The normalized spacial score (nSPS) is 12.0. The van der Waals surface area contributed by atoms with Gasteiger partial charge in [0.1, 0.15) is 11.9 Å². The molecule has 1 atom stereocenters. The zero-order valence-electron chi connectivity index (χ0n) is 26.2. The average molecular weight is 660 g/mol. The summed E-state index contributed by atoms with van der Waals surface area (Å²) in [5.41, 5.74) is 3.65. The molecule has 49 heavy (non-hydrogen) atoms. The SMILES string of the molecule is O=C(Nc1ccc2cc(CN[C@H](C(=O)NCCc3ccccc3)c3ccccc3)ccc2n1)c1cccnc1-c1ccc(C(F)(F)F)cc1. The highest BCUT2D eigenvalue weighted by molar-refractivity contribution is 6.08. The lowest BCUT2D eigenvalue weighted by atomic mass is 10.0. The molecular formula is C39H32F3N5O2. The summed E-state index contributed by atoms with van der Waals surface area (Å²) in [6.07, 6.45) is -2.26. The number of nitrogens with zero attached hydrogens (tertiary/aromatic N) is 2. The van der Waals surface area contributed by atoms with Crippen molar-refractivity contribution < 1.29 is 22.8 Å². The van der Waals surface area contributed by atoms with Crippen LogP contribution in [0.15, 0.2) is 134 Å². The summed E-state index contributed by atoms with van der Waals surface area (Å²) in [4.78, 5) is 35.4. The standard InChI is InChI=1S/C39H32F3N5O2/c40-39(41,42)31-17-14-29(15-18-31)35-32(12-7-22-43-35)37(48)47-34-20-16-30-24-27(13-19-33(30)46-34)25-45-36(28-10-5-2-6-11-28)38(49)44-23-21-26-8-3-1-4-9-26/h1-20,22,24,36,45H,21,23,25H2,(H,44,49)(H,46,47,48)/t36-/m0/s1. The first-order valence-corrected chi connectivity index (χ1v) is 15.7. The Morgan fingerprint density at radius 1 is 0.755 bits per heavy atom. The molecule has 0 saturated carbocycles. The van der Waals surface area contributed by atoms with E-state index in [0.29, 0.717) is 30.0 Å². The molecule has 3 N–H and O–H groups in total. The van der Waals surface area contributed by atoms with Crippen LogP contribution in [-0.4, -0.2) is 28.3 Å². The van der Waals surface area contributed by atoms with E-state index < -0.39 is 23.7 Å². The van der Waals surface area contributed by atoms with Gasteiger partial charge in [-0.05, 0) is 71.6 Å². The quantitative estimate of drug-likeness (QED) is 0.132. The number of anilines is 1. The van der Waals surface area contributed by atoms with E-state index in [0.717, 1.165) is 40.6 Å². The highest BCUT2D eigenvalue weighted by Gasteiger charge is 2.30. The molecule has 0 aliphatic rings. The maximum atomic E-state index is 13.3. The van der Waals surface area contributed by atoms with E-state index in [1.807, 2.05) is 84.9 Å². The van der Waals surface area contributed by atoms with E-state index in [9.17, 15) is 22.8 Å². The molecule has 4 aromatic carbocycles.